The molecule has 0 radical (unpaired) electrons. The Morgan fingerprint density at radius 1 is 1.19 bits per heavy atom. The average molecular weight is 423 g/mol. The van der Waals surface area contributed by atoms with Crippen molar-refractivity contribution in [3.8, 4) is 23.6 Å². The molecule has 1 unspecified atom stereocenters. The second-order valence-electron chi connectivity index (χ2n) is 7.61. The van der Waals surface area contributed by atoms with E-state index in [1.165, 1.54) is 5.06 Å². The van der Waals surface area contributed by atoms with Crippen molar-refractivity contribution in [2.24, 2.45) is 0 Å². The molecule has 7 nitrogen and oxygen atoms in total. The summed E-state index contributed by atoms with van der Waals surface area (Å²) in [5.74, 6) is 2.59. The largest absolute Gasteiger partial charge is 0.346 e. The third-order valence-corrected chi connectivity index (χ3v) is 5.57. The normalized spacial score (nSPS) is 15.6. The van der Waals surface area contributed by atoms with Crippen LogP contribution in [0.4, 0.5) is 10.5 Å². The van der Waals surface area contributed by atoms with E-state index in [1.54, 1.807) is 10.7 Å². The lowest BCUT2D eigenvalue weighted by molar-refractivity contribution is -0.0829. The number of hydrogen-bond acceptors (Lipinski definition) is 4. The number of nitrogens with zero attached hydrogens (tertiary/aromatic N) is 4. The van der Waals surface area contributed by atoms with Gasteiger partial charge in [-0.05, 0) is 42.2 Å². The Morgan fingerprint density at radius 3 is 2.84 bits per heavy atom. The summed E-state index contributed by atoms with van der Waals surface area (Å²) in [6, 6.07) is 19.1. The van der Waals surface area contributed by atoms with Crippen molar-refractivity contribution in [3.05, 3.63) is 83.7 Å². The first-order valence-electron chi connectivity index (χ1n) is 10.3. The zero-order valence-corrected chi connectivity index (χ0v) is 17.5. The molecule has 1 N–H and O–H groups in total. The summed E-state index contributed by atoms with van der Waals surface area (Å²) >= 11 is 0. The molecule has 0 saturated carbocycles. The van der Waals surface area contributed by atoms with Crippen LogP contribution in [0.15, 0.2) is 66.9 Å². The standard InChI is InChI=1S/C25H21N5O2/c1-3-20-16-26-24-12-11-21(28-29(20)24)19-10-9-17(2)22(15-19)27-25(31)30-23(13-14-32-30)18-7-5-4-6-8-18/h1,4-12,15-16,23H,13-14H2,2H3,(H,27,31). The number of anilines is 1. The van der Waals surface area contributed by atoms with Crippen molar-refractivity contribution in [3.63, 3.8) is 0 Å². The Kier molecular flexibility index (Phi) is 5.06. The highest BCUT2D eigenvalue weighted by Gasteiger charge is 2.32. The van der Waals surface area contributed by atoms with Gasteiger partial charge >= 0.3 is 6.03 Å². The van der Waals surface area contributed by atoms with Gasteiger partial charge in [0, 0.05) is 17.7 Å². The summed E-state index contributed by atoms with van der Waals surface area (Å²) in [6.45, 7) is 2.44. The lowest BCUT2D eigenvalue weighted by Gasteiger charge is -2.23. The number of hydroxylamine groups is 2. The van der Waals surface area contributed by atoms with Crippen molar-refractivity contribution in [1.29, 1.82) is 0 Å². The molecule has 1 fully saturated rings. The topological polar surface area (TPSA) is 71.8 Å². The summed E-state index contributed by atoms with van der Waals surface area (Å²) in [6.07, 6.45) is 7.92. The predicted molar refractivity (Wildman–Crippen MR) is 122 cm³/mol. The van der Waals surface area contributed by atoms with Gasteiger partial charge in [-0.2, -0.15) is 10.2 Å². The van der Waals surface area contributed by atoms with Crippen molar-refractivity contribution in [2.75, 3.05) is 11.9 Å². The number of terminal acetylenes is 1. The molecule has 2 aromatic heterocycles. The van der Waals surface area contributed by atoms with Gasteiger partial charge in [-0.25, -0.2) is 14.3 Å². The van der Waals surface area contributed by atoms with Crippen LogP contribution in [0.5, 0.6) is 0 Å². The number of imidazole rings is 1. The Morgan fingerprint density at radius 2 is 2.03 bits per heavy atom. The summed E-state index contributed by atoms with van der Waals surface area (Å²) < 4.78 is 1.63. The Labute approximate surface area is 185 Å². The minimum absolute atomic E-state index is 0.118. The van der Waals surface area contributed by atoms with E-state index in [0.29, 0.717) is 23.6 Å². The highest BCUT2D eigenvalue weighted by atomic mass is 16.7. The zero-order valence-electron chi connectivity index (χ0n) is 17.5. The molecule has 2 aromatic carbocycles. The molecule has 7 heteroatoms. The van der Waals surface area contributed by atoms with Gasteiger partial charge in [-0.3, -0.25) is 4.84 Å². The van der Waals surface area contributed by atoms with Crippen molar-refractivity contribution in [1.82, 2.24) is 19.7 Å². The van der Waals surface area contributed by atoms with E-state index in [9.17, 15) is 4.79 Å². The molecule has 5 rings (SSSR count). The molecule has 0 aliphatic carbocycles. The third kappa shape index (κ3) is 3.57. The fraction of sp³-hybridized carbons (Fsp3) is 0.160. The Balaban J connectivity index is 1.42. The van der Waals surface area contributed by atoms with Crippen LogP contribution < -0.4 is 5.32 Å². The Bertz CT molecular complexity index is 1340. The number of aromatic nitrogens is 3. The lowest BCUT2D eigenvalue weighted by atomic mass is 10.0. The number of aryl methyl sites for hydroxylation is 1. The number of benzene rings is 2. The van der Waals surface area contributed by atoms with E-state index in [1.807, 2.05) is 67.6 Å². The maximum absolute atomic E-state index is 13.1. The first-order chi connectivity index (χ1) is 15.6. The number of hydrogen-bond donors (Lipinski definition) is 1. The molecule has 1 saturated heterocycles. The average Bonchev–Trinajstić information content (AvgIpc) is 3.48. The predicted octanol–water partition coefficient (Wildman–Crippen LogP) is 4.60. The van der Waals surface area contributed by atoms with E-state index in [-0.39, 0.29) is 12.1 Å². The minimum atomic E-state index is -0.302. The number of rotatable bonds is 3. The monoisotopic (exact) mass is 423 g/mol. The van der Waals surface area contributed by atoms with Gasteiger partial charge < -0.3 is 5.32 Å². The molecule has 3 heterocycles. The lowest BCUT2D eigenvalue weighted by Crippen LogP contribution is -2.33. The van der Waals surface area contributed by atoms with Crippen LogP contribution in [0.3, 0.4) is 0 Å². The van der Waals surface area contributed by atoms with E-state index >= 15 is 0 Å². The molecule has 158 valence electrons. The van der Waals surface area contributed by atoms with Crippen molar-refractivity contribution in [2.45, 2.75) is 19.4 Å². The fourth-order valence-corrected chi connectivity index (χ4v) is 3.86. The number of carbonyl (C=O) groups excluding carboxylic acids is 1. The highest BCUT2D eigenvalue weighted by molar-refractivity contribution is 5.90. The fourth-order valence-electron chi connectivity index (χ4n) is 3.86. The Hall–Kier alpha value is -4.15. The summed E-state index contributed by atoms with van der Waals surface area (Å²) in [5.41, 5.74) is 5.52. The van der Waals surface area contributed by atoms with Gasteiger partial charge in [-0.1, -0.05) is 42.5 Å². The van der Waals surface area contributed by atoms with Gasteiger partial charge in [0.05, 0.1) is 24.5 Å². The van der Waals surface area contributed by atoms with Crippen LogP contribution >= 0.6 is 0 Å². The molecule has 4 aromatic rings. The SMILES string of the molecule is C#Cc1cnc2ccc(-c3ccc(C)c(NC(=O)N4OCCC4c4ccccc4)c3)nn12. The molecule has 0 spiro atoms. The first kappa shape index (κ1) is 19.8. The number of carbonyl (C=O) groups is 1. The van der Waals surface area contributed by atoms with Gasteiger partial charge in [0.2, 0.25) is 0 Å². The highest BCUT2D eigenvalue weighted by Crippen LogP contribution is 2.31. The zero-order chi connectivity index (χ0) is 22.1. The van der Waals surface area contributed by atoms with Gasteiger partial charge in [0.15, 0.2) is 5.65 Å². The number of amides is 2. The van der Waals surface area contributed by atoms with E-state index in [0.717, 1.165) is 28.8 Å². The molecular weight excluding hydrogens is 402 g/mol. The number of nitrogens with one attached hydrogen (secondary N) is 1. The molecule has 1 atom stereocenters. The van der Waals surface area contributed by atoms with Crippen molar-refractivity contribution < 1.29 is 9.63 Å². The van der Waals surface area contributed by atoms with Gasteiger partial charge in [0.25, 0.3) is 0 Å². The first-order valence-corrected chi connectivity index (χ1v) is 10.3. The van der Waals surface area contributed by atoms with Crippen LogP contribution in [0.1, 0.15) is 29.3 Å². The van der Waals surface area contributed by atoms with E-state index in [2.05, 4.69) is 21.3 Å². The molecule has 0 bridgehead atoms. The minimum Gasteiger partial charge on any atom is -0.306 e. The second-order valence-corrected chi connectivity index (χ2v) is 7.61. The maximum Gasteiger partial charge on any atom is 0.346 e. The number of fused-ring (bicyclic) bond motifs is 1. The summed E-state index contributed by atoms with van der Waals surface area (Å²) in [7, 11) is 0. The molecular formula is C25H21N5O2. The van der Waals surface area contributed by atoms with Crippen LogP contribution in [-0.4, -0.2) is 32.3 Å². The molecule has 1 aliphatic heterocycles. The number of urea groups is 1. The van der Waals surface area contributed by atoms with Crippen LogP contribution in [0.25, 0.3) is 16.9 Å². The van der Waals surface area contributed by atoms with Gasteiger partial charge in [-0.15, -0.1) is 6.42 Å². The van der Waals surface area contributed by atoms with Crippen LogP contribution in [-0.2, 0) is 4.84 Å². The van der Waals surface area contributed by atoms with Gasteiger partial charge in [0.1, 0.15) is 5.69 Å². The third-order valence-electron chi connectivity index (χ3n) is 5.57. The molecule has 1 aliphatic rings. The molecule has 32 heavy (non-hydrogen) atoms. The summed E-state index contributed by atoms with van der Waals surface area (Å²) in [4.78, 5) is 23.0. The second kappa shape index (κ2) is 8.17. The van der Waals surface area contributed by atoms with Crippen LogP contribution in [0.2, 0.25) is 0 Å². The maximum atomic E-state index is 13.1. The summed E-state index contributed by atoms with van der Waals surface area (Å²) in [5, 5.41) is 9.05. The smallest absolute Gasteiger partial charge is 0.306 e. The van der Waals surface area contributed by atoms with E-state index in [4.69, 9.17) is 11.3 Å². The van der Waals surface area contributed by atoms with Crippen LogP contribution in [0, 0.1) is 19.3 Å². The van der Waals surface area contributed by atoms with E-state index < -0.39 is 0 Å². The quantitative estimate of drug-likeness (QED) is 0.489. The molecule has 2 amide bonds. The van der Waals surface area contributed by atoms with Crippen molar-refractivity contribution >= 4 is 17.4 Å².